The number of piperidine rings is 1. The molecule has 0 saturated carbocycles. The Morgan fingerprint density at radius 2 is 1.57 bits per heavy atom. The van der Waals surface area contributed by atoms with E-state index in [1.165, 1.54) is 12.1 Å². The zero-order valence-electron chi connectivity index (χ0n) is 11.5. The van der Waals surface area contributed by atoms with Gasteiger partial charge in [0.05, 0.1) is 0 Å². The van der Waals surface area contributed by atoms with Crippen molar-refractivity contribution < 1.29 is 8.78 Å². The highest BCUT2D eigenvalue weighted by atomic mass is 35.5. The van der Waals surface area contributed by atoms with E-state index in [4.69, 9.17) is 11.6 Å². The summed E-state index contributed by atoms with van der Waals surface area (Å²) in [4.78, 5) is 0. The topological polar surface area (TPSA) is 12.0 Å². The van der Waals surface area contributed by atoms with E-state index in [1.54, 1.807) is 0 Å². The van der Waals surface area contributed by atoms with Gasteiger partial charge in [0.25, 0.3) is 0 Å². The molecule has 1 aliphatic rings. The SMILES string of the molecule is Fc1cc(F)cc(C2CCNCC2c2ccc(Cl)cc2)c1. The van der Waals surface area contributed by atoms with Gasteiger partial charge in [-0.25, -0.2) is 8.78 Å². The van der Waals surface area contributed by atoms with Crippen LogP contribution >= 0.6 is 11.6 Å². The summed E-state index contributed by atoms with van der Waals surface area (Å²) < 4.78 is 27.0. The van der Waals surface area contributed by atoms with E-state index >= 15 is 0 Å². The van der Waals surface area contributed by atoms with Gasteiger partial charge in [0.1, 0.15) is 11.6 Å². The molecule has 0 aromatic heterocycles. The molecule has 1 N–H and O–H groups in total. The van der Waals surface area contributed by atoms with Crippen molar-refractivity contribution in [2.24, 2.45) is 0 Å². The largest absolute Gasteiger partial charge is 0.316 e. The molecule has 110 valence electrons. The van der Waals surface area contributed by atoms with Crippen molar-refractivity contribution in [3.05, 3.63) is 70.2 Å². The van der Waals surface area contributed by atoms with E-state index in [2.05, 4.69) is 5.32 Å². The Hall–Kier alpha value is -1.45. The molecule has 1 saturated heterocycles. The minimum atomic E-state index is -0.515. The number of rotatable bonds is 2. The van der Waals surface area contributed by atoms with Crippen LogP contribution in [0.15, 0.2) is 42.5 Å². The Morgan fingerprint density at radius 1 is 0.905 bits per heavy atom. The summed E-state index contributed by atoms with van der Waals surface area (Å²) in [6.45, 7) is 1.65. The van der Waals surface area contributed by atoms with Crippen molar-refractivity contribution in [1.29, 1.82) is 0 Å². The summed E-state index contributed by atoms with van der Waals surface area (Å²) in [5.41, 5.74) is 1.87. The molecule has 0 spiro atoms. The first-order chi connectivity index (χ1) is 10.1. The third-order valence-corrected chi connectivity index (χ3v) is 4.35. The van der Waals surface area contributed by atoms with Crippen LogP contribution in [0.5, 0.6) is 0 Å². The third-order valence-electron chi connectivity index (χ3n) is 4.09. The Balaban J connectivity index is 1.95. The van der Waals surface area contributed by atoms with Crippen molar-refractivity contribution in [1.82, 2.24) is 5.32 Å². The lowest BCUT2D eigenvalue weighted by atomic mass is 9.77. The lowest BCUT2D eigenvalue weighted by molar-refractivity contribution is 0.401. The number of benzene rings is 2. The van der Waals surface area contributed by atoms with Gasteiger partial charge in [-0.05, 0) is 54.3 Å². The Morgan fingerprint density at radius 3 is 2.24 bits per heavy atom. The molecule has 2 atom stereocenters. The molecular formula is C17H16ClF2N. The molecule has 0 aliphatic carbocycles. The average molecular weight is 308 g/mol. The molecule has 4 heteroatoms. The molecule has 0 bridgehead atoms. The van der Waals surface area contributed by atoms with E-state index in [1.807, 2.05) is 24.3 Å². The van der Waals surface area contributed by atoms with Gasteiger partial charge in [0.2, 0.25) is 0 Å². The second kappa shape index (κ2) is 6.12. The average Bonchev–Trinajstić information content (AvgIpc) is 2.47. The van der Waals surface area contributed by atoms with Gasteiger partial charge in [-0.15, -0.1) is 0 Å². The third kappa shape index (κ3) is 3.25. The van der Waals surface area contributed by atoms with Gasteiger partial charge in [-0.3, -0.25) is 0 Å². The predicted octanol–water partition coefficient (Wildman–Crippen LogP) is 4.48. The molecule has 1 nitrogen and oxygen atoms in total. The predicted molar refractivity (Wildman–Crippen MR) is 80.8 cm³/mol. The molecule has 0 amide bonds. The van der Waals surface area contributed by atoms with E-state index in [-0.39, 0.29) is 11.8 Å². The lowest BCUT2D eigenvalue weighted by Crippen LogP contribution is -2.34. The van der Waals surface area contributed by atoms with Gasteiger partial charge in [0.15, 0.2) is 0 Å². The fourth-order valence-electron chi connectivity index (χ4n) is 3.11. The van der Waals surface area contributed by atoms with Crippen LogP contribution in [-0.2, 0) is 0 Å². The van der Waals surface area contributed by atoms with Gasteiger partial charge in [-0.2, -0.15) is 0 Å². The lowest BCUT2D eigenvalue weighted by Gasteiger charge is -2.33. The molecule has 3 rings (SSSR count). The molecule has 2 aromatic carbocycles. The van der Waals surface area contributed by atoms with Gasteiger partial charge in [0, 0.05) is 23.6 Å². The summed E-state index contributed by atoms with van der Waals surface area (Å²) in [5, 5.41) is 4.05. The Kier molecular flexibility index (Phi) is 4.22. The van der Waals surface area contributed by atoms with Crippen LogP contribution < -0.4 is 5.32 Å². The summed E-state index contributed by atoms with van der Waals surface area (Å²) in [5.74, 6) is -0.730. The zero-order valence-corrected chi connectivity index (χ0v) is 12.2. The maximum absolute atomic E-state index is 13.5. The Bertz CT molecular complexity index is 607. The quantitative estimate of drug-likeness (QED) is 0.862. The summed E-state index contributed by atoms with van der Waals surface area (Å²) >= 11 is 5.93. The van der Waals surface area contributed by atoms with Crippen molar-refractivity contribution in [2.45, 2.75) is 18.3 Å². The normalized spacial score (nSPS) is 22.2. The van der Waals surface area contributed by atoms with Crippen molar-refractivity contribution in [3.63, 3.8) is 0 Å². The highest BCUT2D eigenvalue weighted by molar-refractivity contribution is 6.30. The van der Waals surface area contributed by atoms with E-state index in [0.717, 1.165) is 36.7 Å². The summed E-state index contributed by atoms with van der Waals surface area (Å²) in [7, 11) is 0. The molecule has 2 unspecified atom stereocenters. The molecular weight excluding hydrogens is 292 g/mol. The van der Waals surface area contributed by atoms with Crippen LogP contribution in [0.25, 0.3) is 0 Å². The molecule has 1 aliphatic heterocycles. The van der Waals surface area contributed by atoms with Crippen LogP contribution in [0, 0.1) is 11.6 Å². The van der Waals surface area contributed by atoms with Crippen LogP contribution in [0.3, 0.4) is 0 Å². The van der Waals surface area contributed by atoms with E-state index in [0.29, 0.717) is 5.02 Å². The monoisotopic (exact) mass is 307 g/mol. The van der Waals surface area contributed by atoms with Crippen LogP contribution in [-0.4, -0.2) is 13.1 Å². The second-order valence-corrected chi connectivity index (χ2v) is 5.90. The van der Waals surface area contributed by atoms with E-state index < -0.39 is 11.6 Å². The number of hydrogen-bond donors (Lipinski definition) is 1. The minimum absolute atomic E-state index is 0.109. The van der Waals surface area contributed by atoms with E-state index in [9.17, 15) is 8.78 Å². The van der Waals surface area contributed by atoms with Crippen LogP contribution in [0.2, 0.25) is 5.02 Å². The first-order valence-corrected chi connectivity index (χ1v) is 7.43. The van der Waals surface area contributed by atoms with Crippen molar-refractivity contribution in [2.75, 3.05) is 13.1 Å². The van der Waals surface area contributed by atoms with Gasteiger partial charge in [-0.1, -0.05) is 23.7 Å². The van der Waals surface area contributed by atoms with Gasteiger partial charge >= 0.3 is 0 Å². The Labute approximate surface area is 127 Å². The van der Waals surface area contributed by atoms with Crippen LogP contribution in [0.1, 0.15) is 29.4 Å². The fourth-order valence-corrected chi connectivity index (χ4v) is 3.23. The number of halogens is 3. The molecule has 1 fully saturated rings. The smallest absolute Gasteiger partial charge is 0.126 e. The highest BCUT2D eigenvalue weighted by Gasteiger charge is 2.28. The number of hydrogen-bond acceptors (Lipinski definition) is 1. The fraction of sp³-hybridized carbons (Fsp3) is 0.294. The molecule has 1 heterocycles. The van der Waals surface area contributed by atoms with Crippen molar-refractivity contribution in [3.8, 4) is 0 Å². The molecule has 0 radical (unpaired) electrons. The molecule has 21 heavy (non-hydrogen) atoms. The second-order valence-electron chi connectivity index (χ2n) is 5.46. The maximum Gasteiger partial charge on any atom is 0.126 e. The minimum Gasteiger partial charge on any atom is -0.316 e. The first kappa shape index (κ1) is 14.5. The van der Waals surface area contributed by atoms with Crippen molar-refractivity contribution >= 4 is 11.6 Å². The maximum atomic E-state index is 13.5. The summed E-state index contributed by atoms with van der Waals surface area (Å²) in [6.07, 6.45) is 0.857. The number of nitrogens with one attached hydrogen (secondary N) is 1. The highest BCUT2D eigenvalue weighted by Crippen LogP contribution is 2.38. The standard InChI is InChI=1S/C17H16ClF2N/c18-13-3-1-11(2-4-13)17-10-21-6-5-16(17)12-7-14(19)9-15(20)8-12/h1-4,7-9,16-17,21H,5-6,10H2. The van der Waals surface area contributed by atoms with Gasteiger partial charge < -0.3 is 5.32 Å². The molecule has 2 aromatic rings. The zero-order chi connectivity index (χ0) is 14.8. The first-order valence-electron chi connectivity index (χ1n) is 7.05. The van der Waals surface area contributed by atoms with Crippen LogP contribution in [0.4, 0.5) is 8.78 Å². The summed E-state index contributed by atoms with van der Waals surface area (Å²) in [6, 6.07) is 11.5.